The molecule has 1 fully saturated rings. The predicted octanol–water partition coefficient (Wildman–Crippen LogP) is 2.63. The van der Waals surface area contributed by atoms with Crippen LogP contribution in [0.1, 0.15) is 31.5 Å². The molecule has 3 rings (SSSR count). The number of esters is 1. The molecule has 9 heteroatoms. The Balaban J connectivity index is 1.72. The van der Waals surface area contributed by atoms with E-state index in [0.717, 1.165) is 6.07 Å². The molecule has 0 saturated carbocycles. The number of hydrogen-bond donors (Lipinski definition) is 0. The first-order valence-electron chi connectivity index (χ1n) is 9.47. The number of rotatable bonds is 6. The van der Waals surface area contributed by atoms with E-state index in [4.69, 9.17) is 9.47 Å². The number of benzene rings is 1. The average molecular weight is 419 g/mol. The Morgan fingerprint density at radius 1 is 1.40 bits per heavy atom. The van der Waals surface area contributed by atoms with E-state index < -0.39 is 41.0 Å². The molecule has 1 aromatic carbocycles. The largest absolute Gasteiger partial charge is 0.468 e. The third-order valence-electron chi connectivity index (χ3n) is 5.47. The highest BCUT2D eigenvalue weighted by molar-refractivity contribution is 6.13. The maximum absolute atomic E-state index is 13.8. The van der Waals surface area contributed by atoms with Crippen molar-refractivity contribution >= 4 is 11.8 Å². The van der Waals surface area contributed by atoms with Gasteiger partial charge in [0.25, 0.3) is 0 Å². The van der Waals surface area contributed by atoms with Crippen molar-refractivity contribution in [3.63, 3.8) is 0 Å². The van der Waals surface area contributed by atoms with Crippen LogP contribution >= 0.6 is 0 Å². The van der Waals surface area contributed by atoms with Crippen molar-refractivity contribution in [3.8, 4) is 0 Å². The van der Waals surface area contributed by atoms with Gasteiger partial charge in [-0.3, -0.25) is 9.59 Å². The lowest BCUT2D eigenvalue weighted by Gasteiger charge is -2.41. The van der Waals surface area contributed by atoms with E-state index in [2.05, 4.69) is 16.9 Å². The van der Waals surface area contributed by atoms with Gasteiger partial charge in [0.1, 0.15) is 11.6 Å². The zero-order chi connectivity index (χ0) is 22.1. The van der Waals surface area contributed by atoms with E-state index in [1.54, 1.807) is 13.1 Å². The van der Waals surface area contributed by atoms with E-state index in [-0.39, 0.29) is 17.7 Å². The van der Waals surface area contributed by atoms with Gasteiger partial charge in [-0.25, -0.2) is 13.5 Å². The lowest BCUT2D eigenvalue weighted by molar-refractivity contribution is -0.175. The van der Waals surface area contributed by atoms with Gasteiger partial charge in [-0.1, -0.05) is 17.9 Å². The average Bonchev–Trinajstić information content (AvgIpc) is 3.17. The monoisotopic (exact) mass is 419 g/mol. The molecule has 1 saturated heterocycles. The summed E-state index contributed by atoms with van der Waals surface area (Å²) in [6.07, 6.45) is 1.08. The number of halogens is 2. The summed E-state index contributed by atoms with van der Waals surface area (Å²) in [7, 11) is 1.22. The fraction of sp³-hybridized carbons (Fsp3) is 0.429. The smallest absolute Gasteiger partial charge is 0.322 e. The molecular weight excluding hydrogens is 396 g/mol. The summed E-state index contributed by atoms with van der Waals surface area (Å²) >= 11 is 0. The van der Waals surface area contributed by atoms with Gasteiger partial charge in [-0.05, 0) is 32.8 Å². The van der Waals surface area contributed by atoms with Crippen LogP contribution in [0.15, 0.2) is 36.5 Å². The number of Topliss-reactive ketones (excluding diaryl/α,β-unsaturated/α-hetero) is 1. The van der Waals surface area contributed by atoms with Crippen LogP contribution in [0.25, 0.3) is 0 Å². The van der Waals surface area contributed by atoms with Gasteiger partial charge >= 0.3 is 5.97 Å². The summed E-state index contributed by atoms with van der Waals surface area (Å²) < 4.78 is 39.1. The molecule has 30 heavy (non-hydrogen) atoms. The second-order valence-electron chi connectivity index (χ2n) is 7.50. The number of ketones is 1. The highest BCUT2D eigenvalue weighted by Crippen LogP contribution is 2.39. The summed E-state index contributed by atoms with van der Waals surface area (Å²) in [5, 5.41) is 8.01. The number of aryl methyl sites for hydroxylation is 1. The van der Waals surface area contributed by atoms with Crippen LogP contribution in [0.5, 0.6) is 0 Å². The van der Waals surface area contributed by atoms with Crippen LogP contribution in [-0.4, -0.2) is 46.1 Å². The highest BCUT2D eigenvalue weighted by Gasteiger charge is 2.54. The number of nitrogens with zero attached hydrogens (tertiary/aromatic N) is 3. The van der Waals surface area contributed by atoms with Crippen molar-refractivity contribution in [2.45, 2.75) is 45.4 Å². The second kappa shape index (κ2) is 8.43. The highest BCUT2D eigenvalue weighted by atomic mass is 19.1. The second-order valence-corrected chi connectivity index (χ2v) is 7.50. The van der Waals surface area contributed by atoms with Crippen molar-refractivity contribution in [2.24, 2.45) is 5.41 Å². The Bertz CT molecular complexity index is 990. The molecule has 0 N–H and O–H groups in total. The Kier molecular flexibility index (Phi) is 6.12. The summed E-state index contributed by atoms with van der Waals surface area (Å²) in [5.74, 6) is -2.39. The van der Waals surface area contributed by atoms with Crippen LogP contribution < -0.4 is 0 Å². The van der Waals surface area contributed by atoms with Crippen molar-refractivity contribution in [3.05, 3.63) is 59.4 Å². The van der Waals surface area contributed by atoms with E-state index in [1.165, 1.54) is 30.8 Å². The van der Waals surface area contributed by atoms with E-state index >= 15 is 0 Å². The Morgan fingerprint density at radius 2 is 2.13 bits per heavy atom. The fourth-order valence-corrected chi connectivity index (χ4v) is 3.56. The van der Waals surface area contributed by atoms with Gasteiger partial charge in [-0.2, -0.15) is 0 Å². The van der Waals surface area contributed by atoms with Crippen LogP contribution in [0.4, 0.5) is 8.78 Å². The van der Waals surface area contributed by atoms with Crippen molar-refractivity contribution in [1.82, 2.24) is 15.0 Å². The minimum atomic E-state index is -1.49. The van der Waals surface area contributed by atoms with E-state index in [1.807, 2.05) is 0 Å². The molecule has 2 heterocycles. The number of ether oxygens (including phenoxy) is 2. The summed E-state index contributed by atoms with van der Waals surface area (Å²) in [5.41, 5.74) is -0.408. The molecule has 1 unspecified atom stereocenters. The molecule has 160 valence electrons. The topological polar surface area (TPSA) is 83.3 Å². The lowest BCUT2D eigenvalue weighted by Crippen LogP contribution is -2.55. The molecule has 7 nitrogen and oxygen atoms in total. The van der Waals surface area contributed by atoms with E-state index in [9.17, 15) is 18.4 Å². The maximum atomic E-state index is 13.8. The maximum Gasteiger partial charge on any atom is 0.322 e. The number of hydrogen-bond acceptors (Lipinski definition) is 6. The van der Waals surface area contributed by atoms with Gasteiger partial charge in [-0.15, -0.1) is 5.10 Å². The fourth-order valence-electron chi connectivity index (χ4n) is 3.56. The van der Waals surface area contributed by atoms with Gasteiger partial charge in [0.2, 0.25) is 0 Å². The molecular formula is C21H23F2N3O4. The van der Waals surface area contributed by atoms with Crippen LogP contribution in [0.2, 0.25) is 0 Å². The molecule has 1 aromatic heterocycles. The minimum absolute atomic E-state index is 0.0915. The lowest BCUT2D eigenvalue weighted by atomic mass is 9.72. The summed E-state index contributed by atoms with van der Waals surface area (Å²) in [6.45, 7) is 7.03. The van der Waals surface area contributed by atoms with Crippen molar-refractivity contribution in [2.75, 3.05) is 7.11 Å². The molecule has 0 spiro atoms. The third kappa shape index (κ3) is 4.02. The molecule has 0 aliphatic carbocycles. The molecule has 1 aliphatic rings. The summed E-state index contributed by atoms with van der Waals surface area (Å²) in [4.78, 5) is 25.1. The quantitative estimate of drug-likeness (QED) is 0.407. The first-order chi connectivity index (χ1) is 14.2. The van der Waals surface area contributed by atoms with Crippen LogP contribution in [-0.2, 0) is 32.0 Å². The normalized spacial score (nSPS) is 24.2. The molecule has 0 bridgehead atoms. The third-order valence-corrected chi connectivity index (χ3v) is 5.47. The van der Waals surface area contributed by atoms with E-state index in [0.29, 0.717) is 18.5 Å². The van der Waals surface area contributed by atoms with Crippen LogP contribution in [0.3, 0.4) is 0 Å². The molecule has 2 aromatic rings. The molecule has 0 radical (unpaired) electrons. The molecule has 3 atom stereocenters. The van der Waals surface area contributed by atoms with Gasteiger partial charge in [0, 0.05) is 23.4 Å². The predicted molar refractivity (Wildman–Crippen MR) is 102 cm³/mol. The minimum Gasteiger partial charge on any atom is -0.468 e. The number of aromatic nitrogens is 3. The number of carbonyl (C=O) groups excluding carboxylic acids is 2. The zero-order valence-corrected chi connectivity index (χ0v) is 17.0. The molecule has 0 amide bonds. The first kappa shape index (κ1) is 21.8. The van der Waals surface area contributed by atoms with Crippen molar-refractivity contribution in [1.29, 1.82) is 0 Å². The number of carbonyl (C=O) groups is 2. The SMILES string of the molecule is C=C1C(=O)C(C)(C(=O)OC)[C@H](CCc2cn(Cc3ccc(F)cc3F)nn2)O[C@@H]1C. The number of methoxy groups -OCH3 is 1. The zero-order valence-electron chi connectivity index (χ0n) is 17.0. The summed E-state index contributed by atoms with van der Waals surface area (Å²) in [6, 6.07) is 3.34. The van der Waals surface area contributed by atoms with Gasteiger partial charge in [0.15, 0.2) is 11.2 Å². The first-order valence-corrected chi connectivity index (χ1v) is 9.47. The Labute approximate surface area is 172 Å². The standard InChI is InChI=1S/C21H23F2N3O4/c1-12-13(2)30-18(21(3,19(12)27)20(28)29-4)8-7-16-11-26(25-24-16)10-14-5-6-15(22)9-17(14)23/h5-6,9,11,13,18H,1,7-8,10H2,2-4H3/t13-,18+,21?/m1/s1. The van der Waals surface area contributed by atoms with Gasteiger partial charge < -0.3 is 9.47 Å². The van der Waals surface area contributed by atoms with Gasteiger partial charge in [0.05, 0.1) is 31.6 Å². The molecule has 1 aliphatic heterocycles. The van der Waals surface area contributed by atoms with Crippen molar-refractivity contribution < 1.29 is 27.8 Å². The Morgan fingerprint density at radius 3 is 2.80 bits per heavy atom. The van der Waals surface area contributed by atoms with Crippen LogP contribution in [0, 0.1) is 17.0 Å². The Hall–Kier alpha value is -2.94.